The number of alkyl halides is 3. The smallest absolute Gasteiger partial charge is 0.324 e. The van der Waals surface area contributed by atoms with Crippen molar-refractivity contribution in [3.8, 4) is 0 Å². The third-order valence-corrected chi connectivity index (χ3v) is 6.34. The topological polar surface area (TPSA) is 88.5 Å². The van der Waals surface area contributed by atoms with Crippen molar-refractivity contribution < 1.29 is 26.4 Å². The van der Waals surface area contributed by atoms with E-state index in [1.807, 2.05) is 0 Å². The summed E-state index contributed by atoms with van der Waals surface area (Å²) in [5.41, 5.74) is -1.66. The molecule has 0 radical (unpaired) electrons. The maximum Gasteiger partial charge on any atom is 0.417 e. The summed E-state index contributed by atoms with van der Waals surface area (Å²) in [7, 11) is -3.68. The van der Waals surface area contributed by atoms with Crippen molar-refractivity contribution in [1.82, 2.24) is 8.87 Å². The summed E-state index contributed by atoms with van der Waals surface area (Å²) in [6, 6.07) is 6.97. The Kier molecular flexibility index (Phi) is 5.80. The molecule has 0 spiro atoms. The molecule has 7 nitrogen and oxygen atoms in total. The first-order valence-electron chi connectivity index (χ1n) is 8.75. The van der Waals surface area contributed by atoms with Crippen LogP contribution in [0.3, 0.4) is 0 Å². The molecule has 2 aromatic rings. The molecule has 0 atom stereocenters. The van der Waals surface area contributed by atoms with Gasteiger partial charge in [-0.1, -0.05) is 6.07 Å². The Morgan fingerprint density at radius 1 is 1.10 bits per heavy atom. The third-order valence-electron chi connectivity index (χ3n) is 4.45. The maximum absolute atomic E-state index is 12.8. The fourth-order valence-corrected chi connectivity index (χ4v) is 4.55. The second-order valence-corrected chi connectivity index (χ2v) is 8.51. The van der Waals surface area contributed by atoms with Crippen molar-refractivity contribution in [3.63, 3.8) is 0 Å². The molecule has 156 valence electrons. The molecule has 1 aromatic carbocycles. The number of rotatable bonds is 5. The van der Waals surface area contributed by atoms with Crippen LogP contribution < -0.4 is 10.9 Å². The second kappa shape index (κ2) is 7.99. The van der Waals surface area contributed by atoms with Crippen LogP contribution in [0.25, 0.3) is 0 Å². The molecule has 29 heavy (non-hydrogen) atoms. The van der Waals surface area contributed by atoms with Gasteiger partial charge in [0, 0.05) is 31.0 Å². The van der Waals surface area contributed by atoms with Crippen LogP contribution in [0, 0.1) is 0 Å². The van der Waals surface area contributed by atoms with Gasteiger partial charge in [-0.05, 0) is 37.1 Å². The molecular formula is C18H18F3N3O4S. The Morgan fingerprint density at radius 3 is 2.45 bits per heavy atom. The van der Waals surface area contributed by atoms with Crippen LogP contribution in [0.5, 0.6) is 0 Å². The molecular weight excluding hydrogens is 411 g/mol. The van der Waals surface area contributed by atoms with Crippen LogP contribution in [0.2, 0.25) is 0 Å². The quantitative estimate of drug-likeness (QED) is 0.790. The van der Waals surface area contributed by atoms with Gasteiger partial charge in [0.15, 0.2) is 0 Å². The molecule has 0 saturated carbocycles. The van der Waals surface area contributed by atoms with E-state index in [0.717, 1.165) is 18.9 Å². The molecule has 1 aliphatic heterocycles. The minimum absolute atomic E-state index is 0.00781. The number of halogens is 3. The fraction of sp³-hybridized carbons (Fsp3) is 0.333. The molecule has 1 saturated heterocycles. The van der Waals surface area contributed by atoms with Gasteiger partial charge in [-0.2, -0.15) is 17.5 Å². The molecule has 0 bridgehead atoms. The Bertz CT molecular complexity index is 1070. The van der Waals surface area contributed by atoms with Gasteiger partial charge in [0.1, 0.15) is 6.54 Å². The number of carbonyl (C=O) groups is 1. The van der Waals surface area contributed by atoms with Crippen molar-refractivity contribution in [2.24, 2.45) is 0 Å². The lowest BCUT2D eigenvalue weighted by atomic mass is 10.2. The zero-order valence-corrected chi connectivity index (χ0v) is 16.0. The first-order chi connectivity index (χ1) is 13.6. The number of nitrogens with one attached hydrogen (secondary N) is 1. The van der Waals surface area contributed by atoms with Gasteiger partial charge in [-0.15, -0.1) is 0 Å². The second-order valence-electron chi connectivity index (χ2n) is 6.57. The first-order valence-corrected chi connectivity index (χ1v) is 10.2. The number of anilines is 1. The lowest BCUT2D eigenvalue weighted by Crippen LogP contribution is -2.29. The van der Waals surface area contributed by atoms with Crippen molar-refractivity contribution in [2.45, 2.75) is 30.5 Å². The number of benzene rings is 1. The number of carbonyl (C=O) groups excluding carboxylic acids is 1. The average molecular weight is 429 g/mol. The average Bonchev–Trinajstić information content (AvgIpc) is 3.18. The highest BCUT2D eigenvalue weighted by Gasteiger charge is 2.31. The molecule has 1 aliphatic rings. The predicted molar refractivity (Wildman–Crippen MR) is 98.8 cm³/mol. The monoisotopic (exact) mass is 429 g/mol. The van der Waals surface area contributed by atoms with E-state index in [1.54, 1.807) is 0 Å². The summed E-state index contributed by atoms with van der Waals surface area (Å²) in [6.07, 6.45) is -2.52. The van der Waals surface area contributed by atoms with Gasteiger partial charge in [0.2, 0.25) is 15.9 Å². The van der Waals surface area contributed by atoms with Crippen molar-refractivity contribution in [2.75, 3.05) is 18.4 Å². The number of sulfonamides is 1. The normalized spacial score (nSPS) is 15.4. The highest BCUT2D eigenvalue weighted by atomic mass is 32.2. The minimum Gasteiger partial charge on any atom is -0.324 e. The summed E-state index contributed by atoms with van der Waals surface area (Å²) in [6.45, 7) is 0.209. The van der Waals surface area contributed by atoms with Gasteiger partial charge in [0.05, 0.1) is 10.5 Å². The standard InChI is InChI=1S/C18H18F3N3O4S/c19-18(20,21)13-6-7-17(26)23(11-13)12-16(25)22-14-4-3-5-15(10-14)29(27,28)24-8-1-2-9-24/h3-7,10-11H,1-2,8-9,12H2,(H,22,25). The molecule has 1 aromatic heterocycles. The van der Waals surface area contributed by atoms with Crippen molar-refractivity contribution >= 4 is 21.6 Å². The summed E-state index contributed by atoms with van der Waals surface area (Å²) in [5, 5.41) is 2.42. The highest BCUT2D eigenvalue weighted by Crippen LogP contribution is 2.28. The van der Waals surface area contributed by atoms with Gasteiger partial charge < -0.3 is 9.88 Å². The molecule has 3 rings (SSSR count). The molecule has 1 amide bonds. The summed E-state index contributed by atoms with van der Waals surface area (Å²) in [5.74, 6) is -0.762. The minimum atomic E-state index is -4.65. The number of hydrogen-bond acceptors (Lipinski definition) is 4. The van der Waals surface area contributed by atoms with Crippen LogP contribution in [-0.2, 0) is 27.5 Å². The third kappa shape index (κ3) is 4.85. The van der Waals surface area contributed by atoms with Crippen LogP contribution in [-0.4, -0.2) is 36.3 Å². The van der Waals surface area contributed by atoms with Crippen LogP contribution in [0.1, 0.15) is 18.4 Å². The van der Waals surface area contributed by atoms with E-state index in [9.17, 15) is 31.2 Å². The Hall–Kier alpha value is -2.66. The van der Waals surface area contributed by atoms with E-state index >= 15 is 0 Å². The highest BCUT2D eigenvalue weighted by molar-refractivity contribution is 7.89. The molecule has 0 unspecified atom stereocenters. The molecule has 11 heteroatoms. The number of amides is 1. The molecule has 2 heterocycles. The largest absolute Gasteiger partial charge is 0.417 e. The SMILES string of the molecule is O=C(Cn1cc(C(F)(F)F)ccc1=O)Nc1cccc(S(=O)(=O)N2CCCC2)c1. The Morgan fingerprint density at radius 2 is 1.79 bits per heavy atom. The summed E-state index contributed by atoms with van der Waals surface area (Å²) < 4.78 is 65.6. The van der Waals surface area contributed by atoms with Crippen LogP contribution in [0.4, 0.5) is 18.9 Å². The Labute approximate surface area is 164 Å². The van der Waals surface area contributed by atoms with Crippen molar-refractivity contribution in [1.29, 1.82) is 0 Å². The molecule has 0 aliphatic carbocycles. The number of pyridine rings is 1. The number of hydrogen-bond donors (Lipinski definition) is 1. The van der Waals surface area contributed by atoms with E-state index in [1.165, 1.54) is 28.6 Å². The summed E-state index contributed by atoms with van der Waals surface area (Å²) in [4.78, 5) is 24.0. The summed E-state index contributed by atoms with van der Waals surface area (Å²) >= 11 is 0. The fourth-order valence-electron chi connectivity index (χ4n) is 2.99. The van der Waals surface area contributed by atoms with Gasteiger partial charge in [0.25, 0.3) is 5.56 Å². The molecule has 1 N–H and O–H groups in total. The van der Waals surface area contributed by atoms with E-state index in [-0.39, 0.29) is 10.6 Å². The van der Waals surface area contributed by atoms with Crippen LogP contribution >= 0.6 is 0 Å². The number of aromatic nitrogens is 1. The zero-order valence-electron chi connectivity index (χ0n) is 15.1. The van der Waals surface area contributed by atoms with Crippen molar-refractivity contribution in [3.05, 3.63) is 58.5 Å². The lowest BCUT2D eigenvalue weighted by Gasteiger charge is -2.16. The Balaban J connectivity index is 1.76. The first kappa shape index (κ1) is 21.1. The zero-order chi connectivity index (χ0) is 21.2. The lowest BCUT2D eigenvalue weighted by molar-refractivity contribution is -0.138. The van der Waals surface area contributed by atoms with E-state index in [0.29, 0.717) is 29.9 Å². The molecule has 1 fully saturated rings. The van der Waals surface area contributed by atoms with Crippen LogP contribution in [0.15, 0.2) is 52.3 Å². The van der Waals surface area contributed by atoms with Gasteiger partial charge >= 0.3 is 6.18 Å². The predicted octanol–water partition coefficient (Wildman–Crippen LogP) is 2.29. The van der Waals surface area contributed by atoms with E-state index in [4.69, 9.17) is 0 Å². The maximum atomic E-state index is 12.8. The van der Waals surface area contributed by atoms with E-state index < -0.39 is 39.8 Å². The van der Waals surface area contributed by atoms with Gasteiger partial charge in [-0.25, -0.2) is 8.42 Å². The number of nitrogens with zero attached hydrogens (tertiary/aromatic N) is 2. The van der Waals surface area contributed by atoms with Gasteiger partial charge in [-0.3, -0.25) is 9.59 Å². The van der Waals surface area contributed by atoms with E-state index in [2.05, 4.69) is 5.32 Å².